The number of hydrogen-bond acceptors (Lipinski definition) is 4. The lowest BCUT2D eigenvalue weighted by molar-refractivity contribution is -0.142. The first-order valence-electron chi connectivity index (χ1n) is 9.78. The smallest absolute Gasteiger partial charge is 0.340 e. The minimum atomic E-state index is -4.53. The fourth-order valence-electron chi connectivity index (χ4n) is 3.71. The second kappa shape index (κ2) is 8.70. The Balaban J connectivity index is 1.53. The van der Waals surface area contributed by atoms with E-state index < -0.39 is 11.9 Å². The zero-order valence-electron chi connectivity index (χ0n) is 17.6. The number of hydrogen-bond donors (Lipinski definition) is 0. The van der Waals surface area contributed by atoms with E-state index in [1.165, 1.54) is 10.2 Å². The Morgan fingerprint density at radius 3 is 2.20 bits per heavy atom. The van der Waals surface area contributed by atoms with E-state index in [2.05, 4.69) is 38.0 Å². The van der Waals surface area contributed by atoms with Crippen LogP contribution in [0, 0.1) is 20.8 Å². The minimum absolute atomic E-state index is 0.0667. The molecule has 30 heavy (non-hydrogen) atoms. The quantitative estimate of drug-likeness (QED) is 0.646. The molecule has 2 aromatic heterocycles. The number of carbonyl (C=O) groups is 1. The summed E-state index contributed by atoms with van der Waals surface area (Å²) in [7, 11) is 1.93. The maximum atomic E-state index is 13.0. The molecular weight excluding hydrogens is 465 g/mol. The van der Waals surface area contributed by atoms with E-state index in [1.807, 2.05) is 18.7 Å². The van der Waals surface area contributed by atoms with Crippen LogP contribution < -0.4 is 0 Å². The topological polar surface area (TPSA) is 59.2 Å². The van der Waals surface area contributed by atoms with Crippen molar-refractivity contribution in [3.63, 3.8) is 0 Å². The van der Waals surface area contributed by atoms with E-state index in [4.69, 9.17) is 0 Å². The lowest BCUT2D eigenvalue weighted by Gasteiger charge is -2.35. The SMILES string of the molecule is Cc1nn(C)c(C)c1CN1CCN(C(=O)CCn2nc(C(F)(F)F)c(Br)c2C)CC1. The third kappa shape index (κ3) is 4.72. The summed E-state index contributed by atoms with van der Waals surface area (Å²) in [5, 5.41) is 8.08. The van der Waals surface area contributed by atoms with E-state index >= 15 is 0 Å². The average molecular weight is 491 g/mol. The van der Waals surface area contributed by atoms with Crippen LogP contribution in [0.1, 0.15) is 34.8 Å². The van der Waals surface area contributed by atoms with E-state index in [1.54, 1.807) is 11.8 Å². The number of nitrogens with zero attached hydrogens (tertiary/aromatic N) is 6. The molecule has 1 aliphatic heterocycles. The molecule has 2 aromatic rings. The first-order valence-corrected chi connectivity index (χ1v) is 10.6. The second-order valence-corrected chi connectivity index (χ2v) is 8.44. The molecule has 0 unspecified atom stereocenters. The molecule has 0 spiro atoms. The van der Waals surface area contributed by atoms with Crippen LogP contribution in [0.5, 0.6) is 0 Å². The van der Waals surface area contributed by atoms with E-state index in [0.29, 0.717) is 18.8 Å². The largest absolute Gasteiger partial charge is 0.436 e. The van der Waals surface area contributed by atoms with E-state index in [9.17, 15) is 18.0 Å². The summed E-state index contributed by atoms with van der Waals surface area (Å²) >= 11 is 2.96. The molecule has 1 amide bonds. The van der Waals surface area contributed by atoms with Gasteiger partial charge in [0.15, 0.2) is 5.69 Å². The molecule has 0 aliphatic carbocycles. The van der Waals surface area contributed by atoms with Crippen LogP contribution in [0.3, 0.4) is 0 Å². The van der Waals surface area contributed by atoms with Gasteiger partial charge in [-0.1, -0.05) is 0 Å². The first kappa shape index (κ1) is 22.8. The number of carbonyl (C=O) groups excluding carboxylic acids is 1. The summed E-state index contributed by atoms with van der Waals surface area (Å²) in [5.41, 5.74) is 2.79. The molecule has 0 aromatic carbocycles. The Morgan fingerprint density at radius 2 is 1.70 bits per heavy atom. The van der Waals surface area contributed by atoms with Crippen molar-refractivity contribution in [2.24, 2.45) is 7.05 Å². The molecule has 1 aliphatic rings. The number of aryl methyl sites for hydroxylation is 3. The number of piperazine rings is 1. The van der Waals surface area contributed by atoms with Crippen LogP contribution in [-0.4, -0.2) is 61.4 Å². The van der Waals surface area contributed by atoms with Crippen molar-refractivity contribution in [3.05, 3.63) is 32.8 Å². The summed E-state index contributed by atoms with van der Waals surface area (Å²) in [6.07, 6.45) is -4.41. The predicted molar refractivity (Wildman–Crippen MR) is 109 cm³/mol. The Hall–Kier alpha value is -1.88. The number of alkyl halides is 3. The van der Waals surface area contributed by atoms with Crippen molar-refractivity contribution in [1.82, 2.24) is 29.4 Å². The molecule has 3 rings (SSSR count). The second-order valence-electron chi connectivity index (χ2n) is 7.65. The van der Waals surface area contributed by atoms with Crippen LogP contribution >= 0.6 is 15.9 Å². The lowest BCUT2D eigenvalue weighted by Crippen LogP contribution is -2.48. The lowest BCUT2D eigenvalue weighted by atomic mass is 10.1. The van der Waals surface area contributed by atoms with Crippen LogP contribution in [-0.2, 0) is 31.1 Å². The molecule has 3 heterocycles. The molecule has 7 nitrogen and oxygen atoms in total. The third-order valence-corrected chi connectivity index (χ3v) is 6.65. The Labute approximate surface area is 181 Å². The van der Waals surface area contributed by atoms with Gasteiger partial charge in [0, 0.05) is 57.4 Å². The Bertz CT molecular complexity index is 928. The van der Waals surface area contributed by atoms with Crippen molar-refractivity contribution in [1.29, 1.82) is 0 Å². The third-order valence-electron chi connectivity index (χ3n) is 5.71. The molecule has 166 valence electrons. The van der Waals surface area contributed by atoms with E-state index in [0.717, 1.165) is 31.0 Å². The summed E-state index contributed by atoms with van der Waals surface area (Å²) in [6.45, 7) is 9.24. The highest BCUT2D eigenvalue weighted by Gasteiger charge is 2.38. The molecule has 1 fully saturated rings. The van der Waals surface area contributed by atoms with Crippen LogP contribution in [0.15, 0.2) is 4.47 Å². The number of amides is 1. The van der Waals surface area contributed by atoms with Gasteiger partial charge in [0.05, 0.1) is 22.4 Å². The fourth-order valence-corrected chi connectivity index (χ4v) is 4.22. The standard InChI is InChI=1S/C19H26BrF3N6O/c1-12-15(13(2)26(4)24-12)11-27-7-9-28(10-8-27)16(30)5-6-29-14(3)17(20)18(25-29)19(21,22)23/h5-11H2,1-4H3. The minimum Gasteiger partial charge on any atom is -0.340 e. The molecular formula is C19H26BrF3N6O. The summed E-state index contributed by atoms with van der Waals surface area (Å²) < 4.78 is 42.0. The summed E-state index contributed by atoms with van der Waals surface area (Å²) in [6, 6.07) is 0. The normalized spacial score (nSPS) is 15.8. The highest BCUT2D eigenvalue weighted by molar-refractivity contribution is 9.10. The maximum Gasteiger partial charge on any atom is 0.436 e. The van der Waals surface area contributed by atoms with Crippen molar-refractivity contribution in [2.45, 2.75) is 46.5 Å². The molecule has 11 heteroatoms. The van der Waals surface area contributed by atoms with Crippen molar-refractivity contribution >= 4 is 21.8 Å². The maximum absolute atomic E-state index is 13.0. The van der Waals surface area contributed by atoms with Gasteiger partial charge in [-0.2, -0.15) is 23.4 Å². The van der Waals surface area contributed by atoms with Gasteiger partial charge in [-0.3, -0.25) is 19.1 Å². The van der Waals surface area contributed by atoms with Gasteiger partial charge in [-0.05, 0) is 36.7 Å². The van der Waals surface area contributed by atoms with Gasteiger partial charge >= 0.3 is 6.18 Å². The summed E-state index contributed by atoms with van der Waals surface area (Å²) in [5.74, 6) is -0.0667. The number of rotatable bonds is 5. The monoisotopic (exact) mass is 490 g/mol. The van der Waals surface area contributed by atoms with Crippen LogP contribution in [0.4, 0.5) is 13.2 Å². The zero-order valence-corrected chi connectivity index (χ0v) is 19.1. The molecule has 0 bridgehead atoms. The molecule has 1 saturated heterocycles. The van der Waals surface area contributed by atoms with Crippen molar-refractivity contribution in [3.8, 4) is 0 Å². The van der Waals surface area contributed by atoms with Gasteiger partial charge in [0.2, 0.25) is 5.91 Å². The zero-order chi connectivity index (χ0) is 22.2. The van der Waals surface area contributed by atoms with Gasteiger partial charge in [0.1, 0.15) is 0 Å². The molecule has 0 atom stereocenters. The number of halogens is 4. The van der Waals surface area contributed by atoms with Crippen LogP contribution in [0.2, 0.25) is 0 Å². The Morgan fingerprint density at radius 1 is 1.07 bits per heavy atom. The van der Waals surface area contributed by atoms with Gasteiger partial charge in [-0.15, -0.1) is 0 Å². The summed E-state index contributed by atoms with van der Waals surface area (Å²) in [4.78, 5) is 16.6. The van der Waals surface area contributed by atoms with Gasteiger partial charge in [0.25, 0.3) is 0 Å². The Kier molecular flexibility index (Phi) is 6.61. The molecule has 0 radical (unpaired) electrons. The highest BCUT2D eigenvalue weighted by Crippen LogP contribution is 2.35. The molecule has 0 saturated carbocycles. The van der Waals surface area contributed by atoms with Crippen molar-refractivity contribution < 1.29 is 18.0 Å². The van der Waals surface area contributed by atoms with E-state index in [-0.39, 0.29) is 23.3 Å². The van der Waals surface area contributed by atoms with Crippen LogP contribution in [0.25, 0.3) is 0 Å². The average Bonchev–Trinajstić information content (AvgIpc) is 3.10. The molecule has 0 N–H and O–H groups in total. The van der Waals surface area contributed by atoms with Crippen molar-refractivity contribution in [2.75, 3.05) is 26.2 Å². The fraction of sp³-hybridized carbons (Fsp3) is 0.632. The van der Waals surface area contributed by atoms with Gasteiger partial charge in [-0.25, -0.2) is 0 Å². The number of aromatic nitrogens is 4. The highest BCUT2D eigenvalue weighted by atomic mass is 79.9. The first-order chi connectivity index (χ1) is 14.0. The van der Waals surface area contributed by atoms with Gasteiger partial charge < -0.3 is 4.90 Å². The predicted octanol–water partition coefficient (Wildman–Crippen LogP) is 3.06.